The van der Waals surface area contributed by atoms with Gasteiger partial charge in [0.25, 0.3) is 5.69 Å². The van der Waals surface area contributed by atoms with E-state index in [-0.39, 0.29) is 11.3 Å². The number of nitro groups is 1. The van der Waals surface area contributed by atoms with Crippen molar-refractivity contribution in [2.75, 3.05) is 20.6 Å². The third-order valence-electron chi connectivity index (χ3n) is 2.85. The summed E-state index contributed by atoms with van der Waals surface area (Å²) in [7, 11) is 3.92. The van der Waals surface area contributed by atoms with Crippen molar-refractivity contribution in [3.05, 3.63) is 38.9 Å². The molecule has 1 heterocycles. The zero-order valence-corrected chi connectivity index (χ0v) is 10.8. The van der Waals surface area contributed by atoms with Crippen LogP contribution in [0.25, 0.3) is 11.1 Å². The first-order valence-electron chi connectivity index (χ1n) is 5.91. The number of aryl methyl sites for hydroxylation is 1. The molecule has 7 nitrogen and oxygen atoms in total. The predicted molar refractivity (Wildman–Crippen MR) is 70.3 cm³/mol. The lowest BCUT2D eigenvalue weighted by molar-refractivity contribution is -0.384. The average Bonchev–Trinajstić information content (AvgIpc) is 2.64. The molecule has 1 aromatic carbocycles. The molecule has 0 N–H and O–H groups in total. The highest BCUT2D eigenvalue weighted by atomic mass is 16.6. The van der Waals surface area contributed by atoms with Gasteiger partial charge in [0.2, 0.25) is 0 Å². The van der Waals surface area contributed by atoms with E-state index in [1.807, 2.05) is 19.0 Å². The first-order valence-corrected chi connectivity index (χ1v) is 5.91. The van der Waals surface area contributed by atoms with E-state index in [1.165, 1.54) is 16.7 Å². The summed E-state index contributed by atoms with van der Waals surface area (Å²) in [5.74, 6) is -0.478. The predicted octanol–water partition coefficient (Wildman–Crippen LogP) is 1.45. The van der Waals surface area contributed by atoms with Crippen LogP contribution in [0.2, 0.25) is 0 Å². The molecule has 0 fully saturated rings. The summed E-state index contributed by atoms with van der Waals surface area (Å²) in [6.45, 7) is 1.38. The average molecular weight is 265 g/mol. The first-order chi connectivity index (χ1) is 8.99. The molecule has 2 rings (SSSR count). The number of rotatable bonds is 5. The Morgan fingerprint density at radius 3 is 2.79 bits per heavy atom. The largest absolute Gasteiger partial charge is 0.419 e. The van der Waals surface area contributed by atoms with Crippen LogP contribution in [0.3, 0.4) is 0 Å². The SMILES string of the molecule is CN(C)CCCn1c(=O)oc2cc([N+](=O)[O-])ccc21. The van der Waals surface area contributed by atoms with Crippen LogP contribution in [-0.2, 0) is 6.54 Å². The van der Waals surface area contributed by atoms with Crippen molar-refractivity contribution in [3.63, 3.8) is 0 Å². The molecule has 0 aliphatic rings. The van der Waals surface area contributed by atoms with Crippen LogP contribution >= 0.6 is 0 Å². The number of oxazole rings is 1. The maximum absolute atomic E-state index is 11.7. The number of hydrogen-bond acceptors (Lipinski definition) is 5. The summed E-state index contributed by atoms with van der Waals surface area (Å²) in [6.07, 6.45) is 0.804. The molecule has 19 heavy (non-hydrogen) atoms. The number of non-ortho nitro benzene ring substituents is 1. The highest BCUT2D eigenvalue weighted by Crippen LogP contribution is 2.20. The number of benzene rings is 1. The Bertz CT molecular complexity index is 657. The van der Waals surface area contributed by atoms with E-state index < -0.39 is 10.7 Å². The number of fused-ring (bicyclic) bond motifs is 1. The van der Waals surface area contributed by atoms with Crippen LogP contribution in [0.4, 0.5) is 5.69 Å². The number of nitro benzene ring substituents is 1. The molecular weight excluding hydrogens is 250 g/mol. The highest BCUT2D eigenvalue weighted by Gasteiger charge is 2.13. The Labute approximate surface area is 109 Å². The van der Waals surface area contributed by atoms with Gasteiger partial charge >= 0.3 is 5.76 Å². The quantitative estimate of drug-likeness (QED) is 0.603. The Balaban J connectivity index is 2.32. The zero-order chi connectivity index (χ0) is 14.0. The van der Waals surface area contributed by atoms with Gasteiger partial charge in [-0.3, -0.25) is 14.7 Å². The Morgan fingerprint density at radius 2 is 2.16 bits per heavy atom. The molecule has 102 valence electrons. The number of aromatic nitrogens is 1. The molecule has 0 bridgehead atoms. The zero-order valence-electron chi connectivity index (χ0n) is 10.8. The van der Waals surface area contributed by atoms with Gasteiger partial charge in [0, 0.05) is 12.6 Å². The maximum atomic E-state index is 11.7. The molecule has 2 aromatic rings. The van der Waals surface area contributed by atoms with Gasteiger partial charge in [0.15, 0.2) is 5.58 Å². The highest BCUT2D eigenvalue weighted by molar-refractivity contribution is 5.75. The maximum Gasteiger partial charge on any atom is 0.419 e. The molecule has 0 unspecified atom stereocenters. The summed E-state index contributed by atoms with van der Waals surface area (Å²) >= 11 is 0. The molecule has 1 aromatic heterocycles. The summed E-state index contributed by atoms with van der Waals surface area (Å²) in [5.41, 5.74) is 0.764. The van der Waals surface area contributed by atoms with E-state index in [4.69, 9.17) is 4.42 Å². The summed E-state index contributed by atoms with van der Waals surface area (Å²) < 4.78 is 6.54. The van der Waals surface area contributed by atoms with Gasteiger partial charge in [-0.2, -0.15) is 0 Å². The fraction of sp³-hybridized carbons (Fsp3) is 0.417. The van der Waals surface area contributed by atoms with Crippen LogP contribution in [0.15, 0.2) is 27.4 Å². The number of hydrogen-bond donors (Lipinski definition) is 0. The van der Waals surface area contributed by atoms with Crippen LogP contribution in [0.1, 0.15) is 6.42 Å². The summed E-state index contributed by atoms with van der Waals surface area (Å²) in [6, 6.07) is 4.20. The summed E-state index contributed by atoms with van der Waals surface area (Å²) in [4.78, 5) is 23.9. The number of nitrogens with zero attached hydrogens (tertiary/aromatic N) is 3. The van der Waals surface area contributed by atoms with Crippen molar-refractivity contribution >= 4 is 16.8 Å². The fourth-order valence-corrected chi connectivity index (χ4v) is 1.93. The minimum Gasteiger partial charge on any atom is -0.407 e. The lowest BCUT2D eigenvalue weighted by atomic mass is 10.3. The van der Waals surface area contributed by atoms with E-state index in [0.717, 1.165) is 13.0 Å². The van der Waals surface area contributed by atoms with Crippen molar-refractivity contribution in [2.45, 2.75) is 13.0 Å². The van der Waals surface area contributed by atoms with Crippen molar-refractivity contribution in [1.82, 2.24) is 9.47 Å². The standard InChI is InChI=1S/C12H15N3O4/c1-13(2)6-3-7-14-10-5-4-9(15(17)18)8-11(10)19-12(14)16/h4-5,8H,3,6-7H2,1-2H3. The van der Waals surface area contributed by atoms with E-state index in [2.05, 4.69) is 0 Å². The monoisotopic (exact) mass is 265 g/mol. The van der Waals surface area contributed by atoms with Crippen LogP contribution in [0, 0.1) is 10.1 Å². The Morgan fingerprint density at radius 1 is 1.42 bits per heavy atom. The Kier molecular flexibility index (Phi) is 3.66. The molecule has 0 aliphatic carbocycles. The van der Waals surface area contributed by atoms with Gasteiger partial charge < -0.3 is 9.32 Å². The van der Waals surface area contributed by atoms with E-state index >= 15 is 0 Å². The summed E-state index contributed by atoms with van der Waals surface area (Å²) in [5, 5.41) is 10.7. The topological polar surface area (TPSA) is 81.5 Å². The molecule has 7 heteroatoms. The van der Waals surface area contributed by atoms with Gasteiger partial charge in [0.05, 0.1) is 16.5 Å². The smallest absolute Gasteiger partial charge is 0.407 e. The second kappa shape index (κ2) is 5.23. The fourth-order valence-electron chi connectivity index (χ4n) is 1.93. The minimum atomic E-state index is -0.511. The molecule has 0 radical (unpaired) electrons. The van der Waals surface area contributed by atoms with Crippen molar-refractivity contribution in [1.29, 1.82) is 0 Å². The van der Waals surface area contributed by atoms with Crippen LogP contribution < -0.4 is 5.76 Å². The van der Waals surface area contributed by atoms with Gasteiger partial charge in [-0.25, -0.2) is 4.79 Å². The molecule has 0 aliphatic heterocycles. The molecule has 0 saturated carbocycles. The molecular formula is C12H15N3O4. The second-order valence-corrected chi connectivity index (χ2v) is 4.59. The Hall–Kier alpha value is -2.15. The molecule has 0 atom stereocenters. The van der Waals surface area contributed by atoms with Gasteiger partial charge in [-0.1, -0.05) is 0 Å². The van der Waals surface area contributed by atoms with Gasteiger partial charge in [-0.15, -0.1) is 0 Å². The van der Waals surface area contributed by atoms with E-state index in [0.29, 0.717) is 12.1 Å². The first kappa shape index (κ1) is 13.3. The van der Waals surface area contributed by atoms with E-state index in [1.54, 1.807) is 6.07 Å². The van der Waals surface area contributed by atoms with E-state index in [9.17, 15) is 14.9 Å². The second-order valence-electron chi connectivity index (χ2n) is 4.59. The third kappa shape index (κ3) is 2.82. The van der Waals surface area contributed by atoms with Gasteiger partial charge in [-0.05, 0) is 33.1 Å². The lowest BCUT2D eigenvalue weighted by Crippen LogP contribution is -2.19. The van der Waals surface area contributed by atoms with Gasteiger partial charge in [0.1, 0.15) is 0 Å². The molecule has 0 amide bonds. The van der Waals surface area contributed by atoms with Crippen molar-refractivity contribution in [2.24, 2.45) is 0 Å². The lowest BCUT2D eigenvalue weighted by Gasteiger charge is -2.08. The van der Waals surface area contributed by atoms with Crippen LogP contribution in [0.5, 0.6) is 0 Å². The van der Waals surface area contributed by atoms with Crippen LogP contribution in [-0.4, -0.2) is 35.0 Å². The van der Waals surface area contributed by atoms with Crippen molar-refractivity contribution in [3.8, 4) is 0 Å². The molecule has 0 saturated heterocycles. The minimum absolute atomic E-state index is 0.0818. The van der Waals surface area contributed by atoms with Crippen molar-refractivity contribution < 1.29 is 9.34 Å². The normalized spacial score (nSPS) is 11.3. The third-order valence-corrected chi connectivity index (χ3v) is 2.85. The molecule has 0 spiro atoms.